The molecule has 108 valence electrons. The van der Waals surface area contributed by atoms with Crippen LogP contribution >= 0.6 is 0 Å². The average Bonchev–Trinajstić information content (AvgIpc) is 2.86. The van der Waals surface area contributed by atoms with Crippen LogP contribution in [0.1, 0.15) is 11.4 Å². The molecule has 2 aromatic rings. The molecule has 0 radical (unpaired) electrons. The van der Waals surface area contributed by atoms with Crippen LogP contribution in [0.5, 0.6) is 0 Å². The summed E-state index contributed by atoms with van der Waals surface area (Å²) < 4.78 is 7.43. The van der Waals surface area contributed by atoms with Crippen molar-refractivity contribution in [1.29, 1.82) is 0 Å². The third-order valence-corrected chi connectivity index (χ3v) is 3.01. The average molecular weight is 275 g/mol. The van der Waals surface area contributed by atoms with Crippen molar-refractivity contribution in [3.05, 3.63) is 54.1 Å². The molecule has 20 heavy (non-hydrogen) atoms. The van der Waals surface area contributed by atoms with Crippen LogP contribution in [0.3, 0.4) is 0 Å². The van der Waals surface area contributed by atoms with Crippen LogP contribution < -0.4 is 5.32 Å². The Labute approximate surface area is 119 Å². The van der Waals surface area contributed by atoms with E-state index in [1.54, 1.807) is 6.20 Å². The number of hydrogen-bond donors (Lipinski definition) is 2. The number of aryl methyl sites for hydroxylation is 1. The maximum Gasteiger partial charge on any atom is 0.122 e. The number of hydrogen-bond acceptors (Lipinski definition) is 4. The van der Waals surface area contributed by atoms with Crippen LogP contribution in [-0.4, -0.2) is 33.9 Å². The lowest BCUT2D eigenvalue weighted by molar-refractivity contribution is 0.0286. The van der Waals surface area contributed by atoms with Gasteiger partial charge >= 0.3 is 0 Å². The van der Waals surface area contributed by atoms with Gasteiger partial charge in [0.2, 0.25) is 0 Å². The first-order valence-corrected chi connectivity index (χ1v) is 6.72. The number of ether oxygens (including phenoxy) is 1. The van der Waals surface area contributed by atoms with Gasteiger partial charge in [-0.1, -0.05) is 30.3 Å². The summed E-state index contributed by atoms with van der Waals surface area (Å²) >= 11 is 0. The molecule has 1 aromatic heterocycles. The fraction of sp³-hybridized carbons (Fsp3) is 0.400. The van der Waals surface area contributed by atoms with Gasteiger partial charge in [-0.3, -0.25) is 0 Å². The standard InChI is InChI=1S/C15H21N3O2/c1-18-8-7-17-15(18)10-16-9-14(19)12-20-11-13-5-3-2-4-6-13/h2-8,14,16,19H,9-12H2,1H3. The van der Waals surface area contributed by atoms with Gasteiger partial charge in [0, 0.05) is 26.0 Å². The zero-order chi connectivity index (χ0) is 14.2. The molecular weight excluding hydrogens is 254 g/mol. The largest absolute Gasteiger partial charge is 0.389 e. The third kappa shape index (κ3) is 4.77. The highest BCUT2D eigenvalue weighted by Crippen LogP contribution is 2.01. The molecule has 2 rings (SSSR count). The van der Waals surface area contributed by atoms with E-state index in [0.29, 0.717) is 26.3 Å². The first-order valence-electron chi connectivity index (χ1n) is 6.72. The maximum atomic E-state index is 9.81. The molecule has 0 amide bonds. The van der Waals surface area contributed by atoms with E-state index in [1.165, 1.54) is 0 Å². The number of nitrogens with zero attached hydrogens (tertiary/aromatic N) is 2. The van der Waals surface area contributed by atoms with Gasteiger partial charge in [-0.15, -0.1) is 0 Å². The number of aliphatic hydroxyl groups excluding tert-OH is 1. The molecule has 0 spiro atoms. The summed E-state index contributed by atoms with van der Waals surface area (Å²) in [6.45, 7) is 1.97. The van der Waals surface area contributed by atoms with E-state index >= 15 is 0 Å². The Hall–Kier alpha value is -1.69. The van der Waals surface area contributed by atoms with Crippen LogP contribution in [0.2, 0.25) is 0 Å². The summed E-state index contributed by atoms with van der Waals surface area (Å²) in [7, 11) is 1.95. The smallest absolute Gasteiger partial charge is 0.122 e. The Morgan fingerprint density at radius 3 is 2.85 bits per heavy atom. The Balaban J connectivity index is 1.59. The summed E-state index contributed by atoms with van der Waals surface area (Å²) in [4.78, 5) is 4.20. The number of benzene rings is 1. The van der Waals surface area contributed by atoms with E-state index in [-0.39, 0.29) is 0 Å². The van der Waals surface area contributed by atoms with Gasteiger partial charge in [-0.25, -0.2) is 4.98 Å². The molecule has 0 saturated heterocycles. The molecule has 1 aromatic carbocycles. The molecule has 0 bridgehead atoms. The molecule has 0 saturated carbocycles. The van der Waals surface area contributed by atoms with Gasteiger partial charge in [0.05, 0.1) is 25.9 Å². The summed E-state index contributed by atoms with van der Waals surface area (Å²) in [6.07, 6.45) is 3.14. The maximum absolute atomic E-state index is 9.81. The van der Waals surface area contributed by atoms with Crippen molar-refractivity contribution in [1.82, 2.24) is 14.9 Å². The van der Waals surface area contributed by atoms with E-state index in [4.69, 9.17) is 4.74 Å². The lowest BCUT2D eigenvalue weighted by Gasteiger charge is -2.12. The molecule has 0 fully saturated rings. The first kappa shape index (κ1) is 14.7. The molecule has 0 aliphatic carbocycles. The molecule has 5 nitrogen and oxygen atoms in total. The zero-order valence-corrected chi connectivity index (χ0v) is 11.7. The van der Waals surface area contributed by atoms with Gasteiger partial charge in [0.1, 0.15) is 5.82 Å². The van der Waals surface area contributed by atoms with Crippen LogP contribution in [0.15, 0.2) is 42.7 Å². The number of aromatic nitrogens is 2. The molecule has 1 unspecified atom stereocenters. The van der Waals surface area contributed by atoms with Crippen LogP contribution in [-0.2, 0) is 24.9 Å². The van der Waals surface area contributed by atoms with E-state index in [9.17, 15) is 5.11 Å². The zero-order valence-electron chi connectivity index (χ0n) is 11.7. The Bertz CT molecular complexity index is 499. The van der Waals surface area contributed by atoms with Crippen molar-refractivity contribution in [2.24, 2.45) is 7.05 Å². The van der Waals surface area contributed by atoms with Gasteiger partial charge in [0.25, 0.3) is 0 Å². The van der Waals surface area contributed by atoms with Crippen molar-refractivity contribution in [2.75, 3.05) is 13.2 Å². The summed E-state index contributed by atoms with van der Waals surface area (Å²) in [5, 5.41) is 13.0. The van der Waals surface area contributed by atoms with Crippen molar-refractivity contribution in [2.45, 2.75) is 19.3 Å². The first-order chi connectivity index (χ1) is 9.75. The number of rotatable bonds is 8. The SMILES string of the molecule is Cn1ccnc1CNCC(O)COCc1ccccc1. The quantitative estimate of drug-likeness (QED) is 0.757. The summed E-state index contributed by atoms with van der Waals surface area (Å²) in [6, 6.07) is 9.93. The van der Waals surface area contributed by atoms with E-state index in [0.717, 1.165) is 11.4 Å². The van der Waals surface area contributed by atoms with Crippen molar-refractivity contribution in [3.8, 4) is 0 Å². The van der Waals surface area contributed by atoms with Gasteiger partial charge in [-0.2, -0.15) is 0 Å². The van der Waals surface area contributed by atoms with Crippen molar-refractivity contribution >= 4 is 0 Å². The molecule has 2 N–H and O–H groups in total. The molecular formula is C15H21N3O2. The molecule has 0 aliphatic rings. The summed E-state index contributed by atoms with van der Waals surface area (Å²) in [5.74, 6) is 0.947. The third-order valence-electron chi connectivity index (χ3n) is 3.01. The van der Waals surface area contributed by atoms with Crippen molar-refractivity contribution in [3.63, 3.8) is 0 Å². The number of nitrogens with one attached hydrogen (secondary N) is 1. The van der Waals surface area contributed by atoms with Crippen LogP contribution in [0.25, 0.3) is 0 Å². The fourth-order valence-electron chi connectivity index (χ4n) is 1.86. The second-order valence-electron chi connectivity index (χ2n) is 4.74. The topological polar surface area (TPSA) is 59.3 Å². The highest BCUT2D eigenvalue weighted by atomic mass is 16.5. The fourth-order valence-corrected chi connectivity index (χ4v) is 1.86. The predicted molar refractivity (Wildman–Crippen MR) is 77.0 cm³/mol. The predicted octanol–water partition coefficient (Wildman–Crippen LogP) is 1.09. The molecule has 0 aliphatic heterocycles. The van der Waals surface area contributed by atoms with Crippen LogP contribution in [0, 0.1) is 0 Å². The second-order valence-corrected chi connectivity index (χ2v) is 4.74. The minimum Gasteiger partial charge on any atom is -0.389 e. The normalized spacial score (nSPS) is 12.5. The Morgan fingerprint density at radius 1 is 1.35 bits per heavy atom. The minimum atomic E-state index is -0.515. The van der Waals surface area contributed by atoms with Gasteiger partial charge in [0.15, 0.2) is 0 Å². The van der Waals surface area contributed by atoms with Crippen LogP contribution in [0.4, 0.5) is 0 Å². The molecule has 1 heterocycles. The highest BCUT2D eigenvalue weighted by molar-refractivity contribution is 5.13. The monoisotopic (exact) mass is 275 g/mol. The van der Waals surface area contributed by atoms with Crippen molar-refractivity contribution < 1.29 is 9.84 Å². The van der Waals surface area contributed by atoms with E-state index in [1.807, 2.05) is 48.1 Å². The van der Waals surface area contributed by atoms with Gasteiger partial charge < -0.3 is 19.7 Å². The Morgan fingerprint density at radius 2 is 2.15 bits per heavy atom. The lowest BCUT2D eigenvalue weighted by atomic mass is 10.2. The number of imidazole rings is 1. The minimum absolute atomic E-state index is 0.322. The highest BCUT2D eigenvalue weighted by Gasteiger charge is 2.05. The second kappa shape index (κ2) is 7.79. The lowest BCUT2D eigenvalue weighted by Crippen LogP contribution is -2.30. The van der Waals surface area contributed by atoms with E-state index in [2.05, 4.69) is 10.3 Å². The van der Waals surface area contributed by atoms with E-state index < -0.39 is 6.10 Å². The van der Waals surface area contributed by atoms with Gasteiger partial charge in [-0.05, 0) is 5.56 Å². The Kier molecular flexibility index (Phi) is 5.73. The summed E-state index contributed by atoms with van der Waals surface area (Å²) in [5.41, 5.74) is 1.11. The molecule has 5 heteroatoms. The number of aliphatic hydroxyl groups is 1. The molecule has 1 atom stereocenters.